The molecular formula is C25H32O5S. The average Bonchev–Trinajstić information content (AvgIpc) is 2.90. The number of aliphatic hydroxyl groups is 3. The Labute approximate surface area is 188 Å². The first-order valence-corrected chi connectivity index (χ1v) is 11.4. The number of hydrogen-bond acceptors (Lipinski definition) is 6. The van der Waals surface area contributed by atoms with E-state index in [9.17, 15) is 20.1 Å². The van der Waals surface area contributed by atoms with Gasteiger partial charge < -0.3 is 20.1 Å². The van der Waals surface area contributed by atoms with Crippen LogP contribution in [0, 0.1) is 18.3 Å². The Morgan fingerprint density at radius 2 is 1.77 bits per heavy atom. The third-order valence-corrected chi connectivity index (χ3v) is 7.02. The smallest absolute Gasteiger partial charge is 0.193 e. The van der Waals surface area contributed by atoms with Crippen molar-refractivity contribution in [1.29, 1.82) is 0 Å². The molecule has 1 aliphatic heterocycles. The van der Waals surface area contributed by atoms with Crippen LogP contribution >= 0.6 is 11.8 Å². The summed E-state index contributed by atoms with van der Waals surface area (Å²) in [5, 5.41) is 30.5. The lowest BCUT2D eigenvalue weighted by molar-refractivity contribution is -0.125. The molecule has 3 atom stereocenters. The van der Waals surface area contributed by atoms with Crippen molar-refractivity contribution in [3.05, 3.63) is 63.6 Å². The molecule has 0 aromatic heterocycles. The number of thioether (sulfide) groups is 1. The van der Waals surface area contributed by atoms with Gasteiger partial charge in [0.05, 0.1) is 6.61 Å². The molecule has 168 valence electrons. The molecule has 6 heteroatoms. The summed E-state index contributed by atoms with van der Waals surface area (Å²) in [4.78, 5) is 14.6. The van der Waals surface area contributed by atoms with Gasteiger partial charge in [0.15, 0.2) is 5.78 Å². The lowest BCUT2D eigenvalue weighted by Crippen LogP contribution is -2.30. The normalized spacial score (nSPS) is 27.0. The first-order chi connectivity index (χ1) is 14.5. The van der Waals surface area contributed by atoms with Crippen LogP contribution < -0.4 is 0 Å². The number of carbonyl (C=O) groups excluding carboxylic acids is 1. The Hall–Kier alpha value is -1.70. The molecule has 0 radical (unpaired) electrons. The topological polar surface area (TPSA) is 87.0 Å². The van der Waals surface area contributed by atoms with Gasteiger partial charge in [-0.05, 0) is 46.6 Å². The second kappa shape index (κ2) is 9.43. The first-order valence-electron chi connectivity index (χ1n) is 10.6. The summed E-state index contributed by atoms with van der Waals surface area (Å²) in [5.41, 5.74) is 2.38. The Morgan fingerprint density at radius 1 is 1.10 bits per heavy atom. The van der Waals surface area contributed by atoms with Crippen LogP contribution in [0.15, 0.2) is 52.5 Å². The van der Waals surface area contributed by atoms with Crippen LogP contribution in [0.4, 0.5) is 0 Å². The van der Waals surface area contributed by atoms with Crippen LogP contribution in [-0.4, -0.2) is 52.6 Å². The molecule has 3 unspecified atom stereocenters. The number of ketones is 1. The molecule has 1 aliphatic carbocycles. The van der Waals surface area contributed by atoms with E-state index < -0.39 is 24.1 Å². The van der Waals surface area contributed by atoms with Crippen molar-refractivity contribution >= 4 is 22.5 Å². The molecule has 2 aliphatic rings. The second-order valence-corrected chi connectivity index (χ2v) is 10.4. The van der Waals surface area contributed by atoms with Gasteiger partial charge in [-0.25, -0.2) is 0 Å². The summed E-state index contributed by atoms with van der Waals surface area (Å²) in [6, 6.07) is 8.00. The number of allylic oxidation sites excluding steroid dienone is 3. The van der Waals surface area contributed by atoms with Crippen LogP contribution in [0.3, 0.4) is 0 Å². The lowest BCUT2D eigenvalue weighted by atomic mass is 9.90. The number of aryl methyl sites for hydroxylation is 1. The summed E-state index contributed by atoms with van der Waals surface area (Å²) in [7, 11) is 0. The van der Waals surface area contributed by atoms with E-state index in [4.69, 9.17) is 4.74 Å². The van der Waals surface area contributed by atoms with E-state index in [0.29, 0.717) is 24.7 Å². The Morgan fingerprint density at radius 3 is 2.35 bits per heavy atom. The van der Waals surface area contributed by atoms with Gasteiger partial charge in [-0.1, -0.05) is 63.7 Å². The molecule has 0 bridgehead atoms. The van der Waals surface area contributed by atoms with E-state index in [2.05, 4.69) is 27.7 Å². The van der Waals surface area contributed by atoms with Crippen molar-refractivity contribution in [3.8, 4) is 0 Å². The van der Waals surface area contributed by atoms with Gasteiger partial charge in [-0.15, -0.1) is 0 Å². The van der Waals surface area contributed by atoms with E-state index >= 15 is 0 Å². The quantitative estimate of drug-likeness (QED) is 0.581. The number of hydrogen-bond donors (Lipinski definition) is 3. The number of aliphatic hydroxyl groups excluding tert-OH is 3. The predicted octanol–water partition coefficient (Wildman–Crippen LogP) is 3.63. The minimum Gasteiger partial charge on any atom is -0.387 e. The maximum absolute atomic E-state index is 12.6. The zero-order valence-electron chi connectivity index (χ0n) is 18.8. The number of Topliss-reactive ketones (excluding diaryl/α,β-unsaturated/α-hetero) is 1. The summed E-state index contributed by atoms with van der Waals surface area (Å²) in [6.07, 6.45) is -0.802. The number of carbonyl (C=O) groups is 1. The van der Waals surface area contributed by atoms with Crippen molar-refractivity contribution in [1.82, 2.24) is 0 Å². The van der Waals surface area contributed by atoms with Crippen LogP contribution in [0.5, 0.6) is 0 Å². The lowest BCUT2D eigenvalue weighted by Gasteiger charge is -2.31. The van der Waals surface area contributed by atoms with Crippen LogP contribution in [-0.2, 0) is 9.53 Å². The van der Waals surface area contributed by atoms with E-state index in [1.165, 1.54) is 0 Å². The molecule has 31 heavy (non-hydrogen) atoms. The fourth-order valence-electron chi connectivity index (χ4n) is 3.71. The van der Waals surface area contributed by atoms with Gasteiger partial charge in [0.2, 0.25) is 0 Å². The minimum atomic E-state index is -1.61. The number of rotatable bonds is 6. The molecular weight excluding hydrogens is 412 g/mol. The van der Waals surface area contributed by atoms with E-state index in [-0.39, 0.29) is 11.0 Å². The summed E-state index contributed by atoms with van der Waals surface area (Å²) < 4.78 is 5.93. The average molecular weight is 445 g/mol. The van der Waals surface area contributed by atoms with Gasteiger partial charge in [-0.2, -0.15) is 0 Å². The molecule has 1 aromatic carbocycles. The monoisotopic (exact) mass is 444 g/mol. The molecule has 5 nitrogen and oxygen atoms in total. The highest BCUT2D eigenvalue weighted by Crippen LogP contribution is 2.48. The SMILES string of the molecule is Cc1ccccc1C1=C/C(=C2\C(=O)C(O)C(O)C2O)C=C(C(C)(C)COCC(C)C)S1. The molecule has 3 N–H and O–H groups in total. The molecule has 1 aromatic rings. The van der Waals surface area contributed by atoms with Gasteiger partial charge in [0, 0.05) is 22.5 Å². The van der Waals surface area contributed by atoms with Gasteiger partial charge in [0.1, 0.15) is 18.3 Å². The van der Waals surface area contributed by atoms with Crippen molar-refractivity contribution in [3.63, 3.8) is 0 Å². The Balaban J connectivity index is 2.08. The van der Waals surface area contributed by atoms with Gasteiger partial charge >= 0.3 is 0 Å². The van der Waals surface area contributed by atoms with Crippen molar-refractivity contribution in [2.75, 3.05) is 13.2 Å². The molecule has 0 spiro atoms. The molecule has 0 amide bonds. The minimum absolute atomic E-state index is 0.0581. The van der Waals surface area contributed by atoms with Gasteiger partial charge in [0.25, 0.3) is 0 Å². The van der Waals surface area contributed by atoms with Crippen LogP contribution in [0.2, 0.25) is 0 Å². The molecule has 1 heterocycles. The molecule has 3 rings (SSSR count). The third-order valence-electron chi connectivity index (χ3n) is 5.57. The Bertz CT molecular complexity index is 941. The summed E-state index contributed by atoms with van der Waals surface area (Å²) in [5.74, 6) is -0.204. The van der Waals surface area contributed by atoms with Crippen LogP contribution in [0.25, 0.3) is 4.91 Å². The zero-order chi connectivity index (χ0) is 22.9. The fraction of sp³-hybridized carbons (Fsp3) is 0.480. The molecule has 0 saturated heterocycles. The van der Waals surface area contributed by atoms with E-state index in [1.807, 2.05) is 43.3 Å². The maximum Gasteiger partial charge on any atom is 0.193 e. The summed E-state index contributed by atoms with van der Waals surface area (Å²) >= 11 is 1.62. The first kappa shape index (κ1) is 24.0. The number of ether oxygens (including phenoxy) is 1. The Kier molecular flexibility index (Phi) is 7.28. The third kappa shape index (κ3) is 5.04. The largest absolute Gasteiger partial charge is 0.387 e. The van der Waals surface area contributed by atoms with E-state index in [1.54, 1.807) is 11.8 Å². The highest BCUT2D eigenvalue weighted by Gasteiger charge is 2.45. The number of benzene rings is 1. The highest BCUT2D eigenvalue weighted by atomic mass is 32.2. The highest BCUT2D eigenvalue weighted by molar-refractivity contribution is 8.11. The second-order valence-electron chi connectivity index (χ2n) is 9.34. The van der Waals surface area contributed by atoms with Crippen molar-refractivity contribution < 1.29 is 24.9 Å². The standard InChI is InChI=1S/C25H32O5S/c1-14(2)12-30-13-25(4,5)19-11-16(20-21(26)23(28)24(29)22(20)27)10-18(31-19)17-9-7-6-8-15(17)3/h6-11,14,21,23-24,26,28-29H,12-13H2,1-5H3/b20-16+. The van der Waals surface area contributed by atoms with Gasteiger partial charge in [-0.3, -0.25) is 4.79 Å². The van der Waals surface area contributed by atoms with Crippen molar-refractivity contribution in [2.24, 2.45) is 11.3 Å². The maximum atomic E-state index is 12.6. The molecule has 1 saturated carbocycles. The predicted molar refractivity (Wildman–Crippen MR) is 124 cm³/mol. The summed E-state index contributed by atoms with van der Waals surface area (Å²) in [6.45, 7) is 11.6. The molecule has 1 fully saturated rings. The van der Waals surface area contributed by atoms with Crippen LogP contribution in [0.1, 0.15) is 38.8 Å². The zero-order valence-corrected chi connectivity index (χ0v) is 19.6. The van der Waals surface area contributed by atoms with Crippen molar-refractivity contribution in [2.45, 2.75) is 52.9 Å². The fourth-order valence-corrected chi connectivity index (χ4v) is 4.99. The van der Waals surface area contributed by atoms with E-state index in [0.717, 1.165) is 20.9 Å².